The molecular formula is C24H28N2O5. The molecule has 0 unspecified atom stereocenters. The van der Waals surface area contributed by atoms with E-state index >= 15 is 0 Å². The van der Waals surface area contributed by atoms with Gasteiger partial charge < -0.3 is 23.5 Å². The highest BCUT2D eigenvalue weighted by atomic mass is 16.5. The Morgan fingerprint density at radius 2 is 1.71 bits per heavy atom. The van der Waals surface area contributed by atoms with Gasteiger partial charge in [0.2, 0.25) is 0 Å². The highest BCUT2D eigenvalue weighted by molar-refractivity contribution is 5.83. The zero-order valence-corrected chi connectivity index (χ0v) is 18.2. The van der Waals surface area contributed by atoms with E-state index in [4.69, 9.17) is 18.6 Å². The van der Waals surface area contributed by atoms with Crippen LogP contribution in [-0.4, -0.2) is 70.4 Å². The van der Waals surface area contributed by atoms with Gasteiger partial charge in [-0.05, 0) is 42.9 Å². The van der Waals surface area contributed by atoms with Gasteiger partial charge in [-0.3, -0.25) is 4.90 Å². The molecule has 0 aliphatic carbocycles. The van der Waals surface area contributed by atoms with Crippen molar-refractivity contribution in [3.63, 3.8) is 0 Å². The van der Waals surface area contributed by atoms with Crippen molar-refractivity contribution in [1.29, 1.82) is 0 Å². The molecule has 0 bridgehead atoms. The van der Waals surface area contributed by atoms with Crippen molar-refractivity contribution in [2.24, 2.45) is 0 Å². The minimum Gasteiger partial charge on any atom is -0.493 e. The SMILES string of the molecule is COc1ccc(-c2cc3ccc(OCCN4CCN(C)CC4)cc3oc2=O)cc1OC. The number of fused-ring (bicyclic) bond motifs is 1. The topological polar surface area (TPSA) is 64.4 Å². The first-order valence-electron chi connectivity index (χ1n) is 10.4. The zero-order chi connectivity index (χ0) is 21.8. The molecule has 164 valence electrons. The van der Waals surface area contributed by atoms with Crippen molar-refractivity contribution < 1.29 is 18.6 Å². The van der Waals surface area contributed by atoms with Crippen molar-refractivity contribution in [1.82, 2.24) is 9.80 Å². The number of nitrogens with zero attached hydrogens (tertiary/aromatic N) is 2. The fraction of sp³-hybridized carbons (Fsp3) is 0.375. The fourth-order valence-corrected chi connectivity index (χ4v) is 3.75. The standard InChI is InChI=1S/C24H28N2O5/c1-25-8-10-26(11-9-25)12-13-30-19-6-4-18-14-20(24(27)31-22(18)16-19)17-5-7-21(28-2)23(15-17)29-3/h4-7,14-16H,8-13H2,1-3H3. The van der Waals surface area contributed by atoms with E-state index < -0.39 is 5.63 Å². The Kier molecular flexibility index (Phi) is 6.44. The van der Waals surface area contributed by atoms with Gasteiger partial charge in [-0.1, -0.05) is 6.07 Å². The third-order valence-electron chi connectivity index (χ3n) is 5.67. The monoisotopic (exact) mass is 424 g/mol. The predicted molar refractivity (Wildman–Crippen MR) is 120 cm³/mol. The van der Waals surface area contributed by atoms with Gasteiger partial charge in [-0.2, -0.15) is 0 Å². The molecule has 1 saturated heterocycles. The molecular weight excluding hydrogens is 396 g/mol. The summed E-state index contributed by atoms with van der Waals surface area (Å²) < 4.78 is 22.1. The molecule has 3 aromatic rings. The van der Waals surface area contributed by atoms with Crippen molar-refractivity contribution >= 4 is 11.0 Å². The molecule has 31 heavy (non-hydrogen) atoms. The molecule has 7 heteroatoms. The molecule has 1 aromatic heterocycles. The molecule has 7 nitrogen and oxygen atoms in total. The quantitative estimate of drug-likeness (QED) is 0.540. The Hall–Kier alpha value is -3.03. The second-order valence-corrected chi connectivity index (χ2v) is 7.71. The van der Waals surface area contributed by atoms with E-state index in [0.29, 0.717) is 40.6 Å². The van der Waals surface area contributed by atoms with E-state index in [-0.39, 0.29) is 0 Å². The van der Waals surface area contributed by atoms with E-state index in [1.165, 1.54) is 0 Å². The van der Waals surface area contributed by atoms with Crippen LogP contribution < -0.4 is 19.8 Å². The number of ether oxygens (including phenoxy) is 3. The molecule has 1 aliphatic rings. The molecule has 1 aliphatic heterocycles. The van der Waals surface area contributed by atoms with E-state index in [1.54, 1.807) is 32.4 Å². The fourth-order valence-electron chi connectivity index (χ4n) is 3.75. The summed E-state index contributed by atoms with van der Waals surface area (Å²) >= 11 is 0. The number of likely N-dealkylation sites (N-methyl/N-ethyl adjacent to an activating group) is 1. The van der Waals surface area contributed by atoms with E-state index in [9.17, 15) is 4.79 Å². The summed E-state index contributed by atoms with van der Waals surface area (Å²) in [6.45, 7) is 5.78. The van der Waals surface area contributed by atoms with Crippen molar-refractivity contribution in [2.75, 3.05) is 60.6 Å². The number of piperazine rings is 1. The number of hydrogen-bond acceptors (Lipinski definition) is 7. The maximum atomic E-state index is 12.7. The molecule has 0 radical (unpaired) electrons. The number of rotatable bonds is 7. The molecule has 0 atom stereocenters. The number of hydrogen-bond donors (Lipinski definition) is 0. The number of benzene rings is 2. The van der Waals surface area contributed by atoms with Crippen LogP contribution in [0, 0.1) is 0 Å². The first kappa shape index (κ1) is 21.2. The van der Waals surface area contributed by atoms with Gasteiger partial charge in [0, 0.05) is 44.2 Å². The van der Waals surface area contributed by atoms with Crippen LogP contribution in [0.2, 0.25) is 0 Å². The second-order valence-electron chi connectivity index (χ2n) is 7.71. The Balaban J connectivity index is 1.49. The van der Waals surface area contributed by atoms with Crippen LogP contribution in [0.25, 0.3) is 22.1 Å². The smallest absolute Gasteiger partial charge is 0.344 e. The van der Waals surface area contributed by atoms with Crippen molar-refractivity contribution in [2.45, 2.75) is 0 Å². The third kappa shape index (κ3) is 4.84. The molecule has 4 rings (SSSR count). The third-order valence-corrected chi connectivity index (χ3v) is 5.67. The summed E-state index contributed by atoms with van der Waals surface area (Å²) in [4.78, 5) is 17.4. The summed E-state index contributed by atoms with van der Waals surface area (Å²) in [5, 5.41) is 0.829. The van der Waals surface area contributed by atoms with E-state index in [0.717, 1.165) is 38.1 Å². The normalized spacial score (nSPS) is 15.2. The lowest BCUT2D eigenvalue weighted by molar-refractivity contribution is 0.134. The van der Waals surface area contributed by atoms with Gasteiger partial charge in [0.15, 0.2) is 11.5 Å². The van der Waals surface area contributed by atoms with Crippen LogP contribution in [0.4, 0.5) is 0 Å². The lowest BCUT2D eigenvalue weighted by Gasteiger charge is -2.32. The average molecular weight is 424 g/mol. The molecule has 0 amide bonds. The first-order chi connectivity index (χ1) is 15.1. The van der Waals surface area contributed by atoms with Crippen LogP contribution in [0.1, 0.15) is 0 Å². The molecule has 0 N–H and O–H groups in total. The van der Waals surface area contributed by atoms with Crippen LogP contribution in [0.5, 0.6) is 17.2 Å². The Labute approximate surface area is 181 Å². The van der Waals surface area contributed by atoms with Crippen LogP contribution >= 0.6 is 0 Å². The molecule has 0 saturated carbocycles. The van der Waals surface area contributed by atoms with Gasteiger partial charge in [0.1, 0.15) is 17.9 Å². The lowest BCUT2D eigenvalue weighted by Crippen LogP contribution is -2.45. The second kappa shape index (κ2) is 9.41. The van der Waals surface area contributed by atoms with Gasteiger partial charge in [-0.15, -0.1) is 0 Å². The van der Waals surface area contributed by atoms with Crippen molar-refractivity contribution in [3.8, 4) is 28.4 Å². The van der Waals surface area contributed by atoms with E-state index in [2.05, 4.69) is 16.8 Å². The molecule has 2 aromatic carbocycles. The molecule has 1 fully saturated rings. The van der Waals surface area contributed by atoms with Crippen LogP contribution in [-0.2, 0) is 0 Å². The summed E-state index contributed by atoms with van der Waals surface area (Å²) in [6, 6.07) is 12.8. The largest absolute Gasteiger partial charge is 0.493 e. The van der Waals surface area contributed by atoms with E-state index in [1.807, 2.05) is 24.3 Å². The van der Waals surface area contributed by atoms with Gasteiger partial charge >= 0.3 is 5.63 Å². The minimum absolute atomic E-state index is 0.408. The lowest BCUT2D eigenvalue weighted by atomic mass is 10.1. The minimum atomic E-state index is -0.408. The van der Waals surface area contributed by atoms with Crippen LogP contribution in [0.15, 0.2) is 51.7 Å². The maximum Gasteiger partial charge on any atom is 0.344 e. The summed E-state index contributed by atoms with van der Waals surface area (Å²) in [5.41, 5.74) is 1.28. The summed E-state index contributed by atoms with van der Waals surface area (Å²) in [6.07, 6.45) is 0. The van der Waals surface area contributed by atoms with Crippen LogP contribution in [0.3, 0.4) is 0 Å². The molecule has 2 heterocycles. The Morgan fingerprint density at radius 3 is 2.45 bits per heavy atom. The Morgan fingerprint density at radius 1 is 0.935 bits per heavy atom. The maximum absolute atomic E-state index is 12.7. The highest BCUT2D eigenvalue weighted by Crippen LogP contribution is 2.32. The average Bonchev–Trinajstić information content (AvgIpc) is 2.79. The van der Waals surface area contributed by atoms with Crippen molar-refractivity contribution in [3.05, 3.63) is 52.9 Å². The van der Waals surface area contributed by atoms with Gasteiger partial charge in [0.25, 0.3) is 0 Å². The first-order valence-corrected chi connectivity index (χ1v) is 10.4. The Bertz CT molecular complexity index is 1100. The van der Waals surface area contributed by atoms with Gasteiger partial charge in [0.05, 0.1) is 19.8 Å². The number of methoxy groups -OCH3 is 2. The predicted octanol–water partition coefficient (Wildman–Crippen LogP) is 3.10. The van der Waals surface area contributed by atoms with Gasteiger partial charge in [-0.25, -0.2) is 4.79 Å². The highest BCUT2D eigenvalue weighted by Gasteiger charge is 2.14. The summed E-state index contributed by atoms with van der Waals surface area (Å²) in [7, 11) is 5.29. The zero-order valence-electron chi connectivity index (χ0n) is 18.2. The summed E-state index contributed by atoms with van der Waals surface area (Å²) in [5.74, 6) is 1.86. The molecule has 0 spiro atoms.